The number of alkyl halides is 1. The Bertz CT molecular complexity index is 253. The normalized spacial score (nSPS) is 10.6. The SMILES string of the molecule is FCCCCNCCOCc1ccccc1. The fourth-order valence-corrected chi connectivity index (χ4v) is 1.38. The number of ether oxygens (including phenoxy) is 1. The molecule has 90 valence electrons. The summed E-state index contributed by atoms with van der Waals surface area (Å²) in [5.74, 6) is 0. The van der Waals surface area contributed by atoms with Crippen molar-refractivity contribution in [2.45, 2.75) is 19.4 Å². The zero-order valence-corrected chi connectivity index (χ0v) is 9.62. The van der Waals surface area contributed by atoms with E-state index >= 15 is 0 Å². The van der Waals surface area contributed by atoms with Crippen LogP contribution < -0.4 is 5.32 Å². The average molecular weight is 225 g/mol. The van der Waals surface area contributed by atoms with Crippen molar-refractivity contribution in [3.63, 3.8) is 0 Å². The molecular weight excluding hydrogens is 205 g/mol. The maximum Gasteiger partial charge on any atom is 0.0894 e. The Labute approximate surface area is 96.8 Å². The number of unbranched alkanes of at least 4 members (excludes halogenated alkanes) is 1. The molecule has 0 atom stereocenters. The third-order valence-corrected chi connectivity index (χ3v) is 2.27. The molecule has 0 aliphatic carbocycles. The summed E-state index contributed by atoms with van der Waals surface area (Å²) in [6, 6.07) is 10.1. The first-order valence-corrected chi connectivity index (χ1v) is 5.82. The maximum absolute atomic E-state index is 11.8. The van der Waals surface area contributed by atoms with Crippen LogP contribution in [0.1, 0.15) is 18.4 Å². The lowest BCUT2D eigenvalue weighted by Crippen LogP contribution is -2.20. The second-order valence-electron chi connectivity index (χ2n) is 3.68. The second-order valence-corrected chi connectivity index (χ2v) is 3.68. The molecule has 2 nitrogen and oxygen atoms in total. The van der Waals surface area contributed by atoms with Crippen molar-refractivity contribution >= 4 is 0 Å². The molecule has 0 aliphatic heterocycles. The van der Waals surface area contributed by atoms with Crippen LogP contribution >= 0.6 is 0 Å². The van der Waals surface area contributed by atoms with E-state index in [0.717, 1.165) is 19.5 Å². The van der Waals surface area contributed by atoms with E-state index in [1.807, 2.05) is 18.2 Å². The van der Waals surface area contributed by atoms with Crippen molar-refractivity contribution in [1.82, 2.24) is 5.32 Å². The number of benzene rings is 1. The molecule has 0 saturated carbocycles. The third kappa shape index (κ3) is 6.53. The van der Waals surface area contributed by atoms with Crippen LogP contribution in [0.2, 0.25) is 0 Å². The molecule has 16 heavy (non-hydrogen) atoms. The molecular formula is C13H20FNO. The first-order valence-electron chi connectivity index (χ1n) is 5.82. The van der Waals surface area contributed by atoms with Crippen LogP contribution in [-0.4, -0.2) is 26.4 Å². The molecule has 1 aromatic carbocycles. The molecule has 0 aromatic heterocycles. The quantitative estimate of drug-likeness (QED) is 0.652. The average Bonchev–Trinajstić information content (AvgIpc) is 2.34. The van der Waals surface area contributed by atoms with E-state index < -0.39 is 0 Å². The van der Waals surface area contributed by atoms with Crippen molar-refractivity contribution < 1.29 is 9.13 Å². The zero-order chi connectivity index (χ0) is 11.5. The van der Waals surface area contributed by atoms with Crippen LogP contribution in [0.25, 0.3) is 0 Å². The van der Waals surface area contributed by atoms with Gasteiger partial charge in [-0.15, -0.1) is 0 Å². The third-order valence-electron chi connectivity index (χ3n) is 2.27. The first-order chi connectivity index (χ1) is 7.93. The number of hydrogen-bond donors (Lipinski definition) is 1. The summed E-state index contributed by atoms with van der Waals surface area (Å²) >= 11 is 0. The summed E-state index contributed by atoms with van der Waals surface area (Å²) in [5, 5.41) is 3.21. The predicted octanol–water partition coefficient (Wildman–Crippen LogP) is 2.54. The summed E-state index contributed by atoms with van der Waals surface area (Å²) in [5.41, 5.74) is 1.19. The van der Waals surface area contributed by atoms with Crippen molar-refractivity contribution in [1.29, 1.82) is 0 Å². The smallest absolute Gasteiger partial charge is 0.0894 e. The van der Waals surface area contributed by atoms with Crippen LogP contribution in [0.4, 0.5) is 4.39 Å². The van der Waals surface area contributed by atoms with Gasteiger partial charge in [0.2, 0.25) is 0 Å². The van der Waals surface area contributed by atoms with Crippen LogP contribution in [-0.2, 0) is 11.3 Å². The fourth-order valence-electron chi connectivity index (χ4n) is 1.38. The number of nitrogens with one attached hydrogen (secondary N) is 1. The van der Waals surface area contributed by atoms with E-state index in [1.165, 1.54) is 5.56 Å². The van der Waals surface area contributed by atoms with Crippen LogP contribution in [0.5, 0.6) is 0 Å². The molecule has 0 bridgehead atoms. The fraction of sp³-hybridized carbons (Fsp3) is 0.538. The molecule has 0 spiro atoms. The van der Waals surface area contributed by atoms with Crippen molar-refractivity contribution in [3.8, 4) is 0 Å². The second kappa shape index (κ2) is 9.31. The van der Waals surface area contributed by atoms with E-state index in [9.17, 15) is 4.39 Å². The topological polar surface area (TPSA) is 21.3 Å². The summed E-state index contributed by atoms with van der Waals surface area (Å²) in [6.45, 7) is 2.85. The number of rotatable bonds is 9. The summed E-state index contributed by atoms with van der Waals surface area (Å²) in [6.07, 6.45) is 1.55. The highest BCUT2D eigenvalue weighted by molar-refractivity contribution is 5.13. The van der Waals surface area contributed by atoms with Gasteiger partial charge in [0.15, 0.2) is 0 Å². The maximum atomic E-state index is 11.8. The van der Waals surface area contributed by atoms with Crippen molar-refractivity contribution in [2.24, 2.45) is 0 Å². The number of hydrogen-bond acceptors (Lipinski definition) is 2. The summed E-state index contributed by atoms with van der Waals surface area (Å²) in [4.78, 5) is 0. The molecule has 0 heterocycles. The van der Waals surface area contributed by atoms with Crippen molar-refractivity contribution in [2.75, 3.05) is 26.4 Å². The molecule has 3 heteroatoms. The van der Waals surface area contributed by atoms with E-state index in [-0.39, 0.29) is 6.67 Å². The van der Waals surface area contributed by atoms with E-state index in [0.29, 0.717) is 19.6 Å². The van der Waals surface area contributed by atoms with Gasteiger partial charge in [-0.05, 0) is 24.9 Å². The lowest BCUT2D eigenvalue weighted by Gasteiger charge is -2.05. The van der Waals surface area contributed by atoms with Gasteiger partial charge in [0.25, 0.3) is 0 Å². The zero-order valence-electron chi connectivity index (χ0n) is 9.62. The van der Waals surface area contributed by atoms with Gasteiger partial charge in [-0.25, -0.2) is 0 Å². The molecule has 0 radical (unpaired) electrons. The van der Waals surface area contributed by atoms with E-state index in [1.54, 1.807) is 0 Å². The molecule has 0 saturated heterocycles. The van der Waals surface area contributed by atoms with Gasteiger partial charge in [-0.2, -0.15) is 0 Å². The lowest BCUT2D eigenvalue weighted by molar-refractivity contribution is 0.122. The largest absolute Gasteiger partial charge is 0.375 e. The van der Waals surface area contributed by atoms with Gasteiger partial charge in [0.05, 0.1) is 19.9 Å². The van der Waals surface area contributed by atoms with Gasteiger partial charge in [-0.1, -0.05) is 30.3 Å². The van der Waals surface area contributed by atoms with Crippen molar-refractivity contribution in [3.05, 3.63) is 35.9 Å². The highest BCUT2D eigenvalue weighted by Gasteiger charge is 1.92. The lowest BCUT2D eigenvalue weighted by atomic mass is 10.2. The summed E-state index contributed by atoms with van der Waals surface area (Å²) < 4.78 is 17.2. The Morgan fingerprint density at radius 3 is 2.62 bits per heavy atom. The molecule has 0 fully saturated rings. The van der Waals surface area contributed by atoms with Crippen LogP contribution in [0.3, 0.4) is 0 Å². The van der Waals surface area contributed by atoms with E-state index in [2.05, 4.69) is 17.4 Å². The summed E-state index contributed by atoms with van der Waals surface area (Å²) in [7, 11) is 0. The van der Waals surface area contributed by atoms with Gasteiger partial charge in [-0.3, -0.25) is 4.39 Å². The first kappa shape index (κ1) is 13.1. The van der Waals surface area contributed by atoms with Crippen LogP contribution in [0.15, 0.2) is 30.3 Å². The molecule has 0 amide bonds. The standard InChI is InChI=1S/C13H20FNO/c14-8-4-5-9-15-10-11-16-12-13-6-2-1-3-7-13/h1-3,6-7,15H,4-5,8-12H2. The Morgan fingerprint density at radius 1 is 1.06 bits per heavy atom. The molecule has 1 N–H and O–H groups in total. The molecule has 0 aliphatic rings. The van der Waals surface area contributed by atoms with E-state index in [4.69, 9.17) is 4.74 Å². The molecule has 1 aromatic rings. The van der Waals surface area contributed by atoms with Gasteiger partial charge < -0.3 is 10.1 Å². The van der Waals surface area contributed by atoms with Crippen LogP contribution in [0, 0.1) is 0 Å². The number of halogens is 1. The monoisotopic (exact) mass is 225 g/mol. The Kier molecular flexibility index (Phi) is 7.64. The minimum atomic E-state index is -0.216. The van der Waals surface area contributed by atoms with Gasteiger partial charge in [0, 0.05) is 6.54 Å². The highest BCUT2D eigenvalue weighted by Crippen LogP contribution is 1.99. The highest BCUT2D eigenvalue weighted by atomic mass is 19.1. The minimum absolute atomic E-state index is 0.216. The Balaban J connectivity index is 1.89. The molecule has 1 rings (SSSR count). The predicted molar refractivity (Wildman–Crippen MR) is 64.2 cm³/mol. The molecule has 0 unspecified atom stereocenters. The van der Waals surface area contributed by atoms with Gasteiger partial charge in [0.1, 0.15) is 0 Å². The minimum Gasteiger partial charge on any atom is -0.375 e. The van der Waals surface area contributed by atoms with Gasteiger partial charge >= 0.3 is 0 Å². The Hall–Kier alpha value is -0.930. The Morgan fingerprint density at radius 2 is 1.88 bits per heavy atom.